The molecule has 2 fully saturated rings. The van der Waals surface area contributed by atoms with Gasteiger partial charge < -0.3 is 5.32 Å². The molecule has 4 heteroatoms. The minimum atomic E-state index is 0.0400. The summed E-state index contributed by atoms with van der Waals surface area (Å²) in [5, 5.41) is 5.22. The van der Waals surface area contributed by atoms with Crippen LogP contribution in [0.15, 0.2) is 0 Å². The van der Waals surface area contributed by atoms with Gasteiger partial charge in [0.25, 0.3) is 0 Å². The number of hydrogen-bond donors (Lipinski definition) is 1. The number of hydrogen-bond acceptors (Lipinski definition) is 3. The molecule has 2 saturated heterocycles. The Morgan fingerprint density at radius 2 is 2.23 bits per heavy atom. The van der Waals surface area contributed by atoms with E-state index in [1.807, 2.05) is 5.06 Å². The molecule has 1 N–H and O–H groups in total. The molecule has 0 radical (unpaired) electrons. The van der Waals surface area contributed by atoms with Crippen LogP contribution in [0.4, 0.5) is 0 Å². The Kier molecular flexibility index (Phi) is 2.53. The van der Waals surface area contributed by atoms with Gasteiger partial charge in [-0.15, -0.1) is 0 Å². The maximum absolute atomic E-state index is 5.90. The summed E-state index contributed by atoms with van der Waals surface area (Å²) in [4.78, 5) is 6.88. The molecule has 2 heterocycles. The van der Waals surface area contributed by atoms with Crippen LogP contribution in [0.2, 0.25) is 0 Å². The van der Waals surface area contributed by atoms with Crippen molar-refractivity contribution in [1.82, 2.24) is 10.4 Å². The van der Waals surface area contributed by atoms with Gasteiger partial charge in [-0.25, -0.2) is 5.06 Å². The highest BCUT2D eigenvalue weighted by atomic mass is 32.1. The summed E-state index contributed by atoms with van der Waals surface area (Å²) in [6.07, 6.45) is 3.12. The minimum Gasteiger partial charge on any atom is -0.317 e. The molecule has 2 aliphatic heterocycles. The second-order valence-corrected chi connectivity index (χ2v) is 4.26. The third kappa shape index (κ3) is 1.71. The van der Waals surface area contributed by atoms with E-state index in [4.69, 9.17) is 17.1 Å². The maximum atomic E-state index is 5.90. The quantitative estimate of drug-likeness (QED) is 0.640. The molecule has 2 rings (SSSR count). The van der Waals surface area contributed by atoms with Gasteiger partial charge in [-0.3, -0.25) is 4.84 Å². The van der Waals surface area contributed by atoms with Crippen LogP contribution in [-0.4, -0.2) is 35.3 Å². The topological polar surface area (TPSA) is 24.5 Å². The summed E-state index contributed by atoms with van der Waals surface area (Å²) >= 11 is 5.27. The van der Waals surface area contributed by atoms with Gasteiger partial charge in [-0.1, -0.05) is 12.2 Å². The predicted octanol–water partition coefficient (Wildman–Crippen LogP) is 1.09. The lowest BCUT2D eigenvalue weighted by Gasteiger charge is -2.32. The van der Waals surface area contributed by atoms with Crippen LogP contribution in [0.1, 0.15) is 26.2 Å². The highest BCUT2D eigenvalue weighted by Crippen LogP contribution is 2.34. The number of thiocarbonyl (C=S) groups is 1. The van der Waals surface area contributed by atoms with Crippen molar-refractivity contribution in [3.05, 3.63) is 0 Å². The second kappa shape index (κ2) is 3.52. The first-order valence-corrected chi connectivity index (χ1v) is 5.37. The van der Waals surface area contributed by atoms with Gasteiger partial charge in [0, 0.05) is 13.0 Å². The van der Waals surface area contributed by atoms with Crippen molar-refractivity contribution in [2.24, 2.45) is 0 Å². The molecular weight excluding hydrogens is 184 g/mol. The number of rotatable bonds is 1. The number of nitrogens with one attached hydrogen (secondary N) is 1. The summed E-state index contributed by atoms with van der Waals surface area (Å²) < 4.78 is 0. The van der Waals surface area contributed by atoms with Crippen LogP contribution in [0.3, 0.4) is 0 Å². The molecule has 0 saturated carbocycles. The fourth-order valence-electron chi connectivity index (χ4n) is 2.07. The molecular formula is C9H16N2OS. The van der Waals surface area contributed by atoms with Crippen molar-refractivity contribution in [1.29, 1.82) is 0 Å². The molecule has 0 unspecified atom stereocenters. The van der Waals surface area contributed by atoms with Crippen molar-refractivity contribution < 1.29 is 4.84 Å². The number of nitrogens with zero attached hydrogens (tertiary/aromatic N) is 1. The zero-order valence-corrected chi connectivity index (χ0v) is 8.82. The summed E-state index contributed by atoms with van der Waals surface area (Å²) in [7, 11) is 0. The van der Waals surface area contributed by atoms with Gasteiger partial charge in [-0.05, 0) is 32.9 Å². The van der Waals surface area contributed by atoms with Crippen molar-refractivity contribution in [2.75, 3.05) is 19.6 Å². The fraction of sp³-hybridized carbons (Fsp3) is 0.889. The highest BCUT2D eigenvalue weighted by molar-refractivity contribution is 7.80. The summed E-state index contributed by atoms with van der Waals surface area (Å²) in [6.45, 7) is 5.06. The first kappa shape index (κ1) is 9.37. The van der Waals surface area contributed by atoms with E-state index >= 15 is 0 Å². The van der Waals surface area contributed by atoms with Crippen molar-refractivity contribution in [2.45, 2.75) is 31.8 Å². The zero-order valence-electron chi connectivity index (χ0n) is 8.01. The summed E-state index contributed by atoms with van der Waals surface area (Å²) in [6, 6.07) is 0. The first-order valence-electron chi connectivity index (χ1n) is 4.96. The van der Waals surface area contributed by atoms with Crippen LogP contribution < -0.4 is 5.32 Å². The standard InChI is InChI=1S/C9H16N2OS/c1-2-11-8(13)7-9(12-11)3-5-10-6-4-9/h10H,2-7H2,1H3. The van der Waals surface area contributed by atoms with Gasteiger partial charge in [-0.2, -0.15) is 0 Å². The number of piperidine rings is 1. The molecule has 74 valence electrons. The van der Waals surface area contributed by atoms with Crippen molar-refractivity contribution in [3.63, 3.8) is 0 Å². The number of hydroxylamine groups is 2. The molecule has 3 nitrogen and oxygen atoms in total. The van der Waals surface area contributed by atoms with E-state index in [-0.39, 0.29) is 5.60 Å². The van der Waals surface area contributed by atoms with Crippen LogP contribution in [0, 0.1) is 0 Å². The lowest BCUT2D eigenvalue weighted by Crippen LogP contribution is -2.42. The molecule has 0 atom stereocenters. The second-order valence-electron chi connectivity index (χ2n) is 3.79. The Morgan fingerprint density at radius 1 is 1.54 bits per heavy atom. The predicted molar refractivity (Wildman–Crippen MR) is 55.5 cm³/mol. The van der Waals surface area contributed by atoms with Crippen molar-refractivity contribution >= 4 is 17.2 Å². The van der Waals surface area contributed by atoms with E-state index in [1.165, 1.54) is 0 Å². The monoisotopic (exact) mass is 200 g/mol. The van der Waals surface area contributed by atoms with Crippen LogP contribution in [0.25, 0.3) is 0 Å². The normalized spacial score (nSPS) is 27.2. The van der Waals surface area contributed by atoms with Crippen molar-refractivity contribution in [3.8, 4) is 0 Å². The Hall–Kier alpha value is -0.190. The van der Waals surface area contributed by atoms with Gasteiger partial charge in [0.1, 0.15) is 10.6 Å². The van der Waals surface area contributed by atoms with E-state index < -0.39 is 0 Å². The molecule has 0 aromatic carbocycles. The molecule has 0 aliphatic carbocycles. The van der Waals surface area contributed by atoms with Gasteiger partial charge >= 0.3 is 0 Å². The van der Waals surface area contributed by atoms with Crippen LogP contribution in [0.5, 0.6) is 0 Å². The Bertz CT molecular complexity index is 214. The third-order valence-corrected chi connectivity index (χ3v) is 3.21. The average molecular weight is 200 g/mol. The minimum absolute atomic E-state index is 0.0400. The molecule has 0 amide bonds. The van der Waals surface area contributed by atoms with Gasteiger partial charge in [0.15, 0.2) is 0 Å². The lowest BCUT2D eigenvalue weighted by atomic mass is 9.90. The van der Waals surface area contributed by atoms with E-state index in [9.17, 15) is 0 Å². The van der Waals surface area contributed by atoms with Gasteiger partial charge in [0.05, 0.1) is 0 Å². The summed E-state index contributed by atoms with van der Waals surface area (Å²) in [5.74, 6) is 0. The zero-order chi connectivity index (χ0) is 9.31. The average Bonchev–Trinajstić information content (AvgIpc) is 2.44. The molecule has 0 bridgehead atoms. The SMILES string of the molecule is CCN1OC2(CCNCC2)CC1=S. The van der Waals surface area contributed by atoms with Crippen LogP contribution in [-0.2, 0) is 4.84 Å². The maximum Gasteiger partial charge on any atom is 0.107 e. The first-order chi connectivity index (χ1) is 6.26. The fourth-order valence-corrected chi connectivity index (χ4v) is 2.50. The van der Waals surface area contributed by atoms with Gasteiger partial charge in [0.2, 0.25) is 0 Å². The lowest BCUT2D eigenvalue weighted by molar-refractivity contribution is -0.179. The molecule has 1 spiro atoms. The molecule has 0 aromatic heterocycles. The Balaban J connectivity index is 2.05. The summed E-state index contributed by atoms with van der Waals surface area (Å²) in [5.41, 5.74) is 0.0400. The van der Waals surface area contributed by atoms with E-state index in [2.05, 4.69) is 12.2 Å². The third-order valence-electron chi connectivity index (χ3n) is 2.86. The van der Waals surface area contributed by atoms with E-state index in [1.54, 1.807) is 0 Å². The van der Waals surface area contributed by atoms with E-state index in [0.717, 1.165) is 43.9 Å². The van der Waals surface area contributed by atoms with E-state index in [0.29, 0.717) is 0 Å². The smallest absolute Gasteiger partial charge is 0.107 e. The Labute approximate surface area is 84.4 Å². The van der Waals surface area contributed by atoms with Crippen LogP contribution >= 0.6 is 12.2 Å². The highest BCUT2D eigenvalue weighted by Gasteiger charge is 2.42. The largest absolute Gasteiger partial charge is 0.317 e. The molecule has 0 aromatic rings. The molecule has 2 aliphatic rings. The molecule has 13 heavy (non-hydrogen) atoms. The Morgan fingerprint density at radius 3 is 2.77 bits per heavy atom.